The molecule has 56 valence electrons. The maximum absolute atomic E-state index is 10.8. The highest BCUT2D eigenvalue weighted by Crippen LogP contribution is 2.57. The van der Waals surface area contributed by atoms with Gasteiger partial charge in [-0.1, -0.05) is 19.8 Å². The highest BCUT2D eigenvalue weighted by molar-refractivity contribution is 5.82. The Labute approximate surface area is 61.8 Å². The molecule has 0 spiro atoms. The van der Waals surface area contributed by atoms with Gasteiger partial charge in [0.15, 0.2) is 0 Å². The molecule has 1 nitrogen and oxygen atoms in total. The second-order valence-electron chi connectivity index (χ2n) is 3.73. The zero-order valence-corrected chi connectivity index (χ0v) is 6.47. The molecule has 2 fully saturated rings. The Morgan fingerprint density at radius 2 is 2.00 bits per heavy atom. The predicted octanol–water partition coefficient (Wildman–Crippen LogP) is 2.01. The number of hydrogen-bond donors (Lipinski definition) is 0. The number of fused-ring (bicyclic) bond motifs is 1. The van der Waals surface area contributed by atoms with Gasteiger partial charge in [-0.2, -0.15) is 0 Å². The quantitative estimate of drug-likeness (QED) is 0.570. The average molecular weight is 138 g/mol. The van der Waals surface area contributed by atoms with Crippen LogP contribution in [0.3, 0.4) is 0 Å². The summed E-state index contributed by atoms with van der Waals surface area (Å²) in [7, 11) is 0. The molecule has 0 heterocycles. The molecule has 0 bridgehead atoms. The molecule has 2 rings (SSSR count). The van der Waals surface area contributed by atoms with Gasteiger partial charge in [-0.25, -0.2) is 0 Å². The van der Waals surface area contributed by atoms with E-state index in [-0.39, 0.29) is 0 Å². The monoisotopic (exact) mass is 138 g/mol. The first kappa shape index (κ1) is 6.38. The van der Waals surface area contributed by atoms with Crippen LogP contribution < -0.4 is 0 Å². The first-order valence-electron chi connectivity index (χ1n) is 4.34. The van der Waals surface area contributed by atoms with Gasteiger partial charge in [0.25, 0.3) is 0 Å². The van der Waals surface area contributed by atoms with E-state index < -0.39 is 0 Å². The van der Waals surface area contributed by atoms with Crippen LogP contribution in [0.5, 0.6) is 0 Å². The van der Waals surface area contributed by atoms with Gasteiger partial charge in [0, 0.05) is 12.8 Å². The minimum atomic E-state index is 0.516. The lowest BCUT2D eigenvalue weighted by Crippen LogP contribution is -1.97. The van der Waals surface area contributed by atoms with Gasteiger partial charge in [-0.3, -0.25) is 4.79 Å². The molecule has 2 aliphatic carbocycles. The van der Waals surface area contributed by atoms with E-state index in [1.165, 1.54) is 12.8 Å². The fourth-order valence-corrected chi connectivity index (χ4v) is 2.50. The molecule has 0 aliphatic heterocycles. The molecular weight excluding hydrogens is 124 g/mol. The van der Waals surface area contributed by atoms with Crippen molar-refractivity contribution in [2.24, 2.45) is 17.8 Å². The van der Waals surface area contributed by atoms with Crippen molar-refractivity contribution in [3.63, 3.8) is 0 Å². The highest BCUT2D eigenvalue weighted by Gasteiger charge is 2.54. The molecule has 2 aliphatic rings. The number of Topliss-reactive ketones (excluding diaryl/α,β-unsaturated/α-hetero) is 1. The molecule has 2 saturated carbocycles. The summed E-state index contributed by atoms with van der Waals surface area (Å²) in [5.41, 5.74) is 0. The fraction of sp³-hybridized carbons (Fsp3) is 0.889. The van der Waals surface area contributed by atoms with Gasteiger partial charge in [0.2, 0.25) is 0 Å². The maximum atomic E-state index is 10.8. The molecule has 10 heavy (non-hydrogen) atoms. The molecule has 1 heteroatoms. The van der Waals surface area contributed by atoms with Gasteiger partial charge in [-0.15, -0.1) is 0 Å². The third-order valence-corrected chi connectivity index (χ3v) is 3.06. The Balaban J connectivity index is 1.86. The lowest BCUT2D eigenvalue weighted by atomic mass is 10.1. The zero-order valence-electron chi connectivity index (χ0n) is 6.47. The van der Waals surface area contributed by atoms with E-state index in [4.69, 9.17) is 0 Å². The summed E-state index contributed by atoms with van der Waals surface area (Å²) in [6.45, 7) is 2.23. The van der Waals surface area contributed by atoms with Crippen LogP contribution >= 0.6 is 0 Å². The maximum Gasteiger partial charge on any atom is 0.133 e. The van der Waals surface area contributed by atoms with E-state index in [0.29, 0.717) is 5.78 Å². The lowest BCUT2D eigenvalue weighted by molar-refractivity contribution is -0.118. The Morgan fingerprint density at radius 1 is 1.40 bits per heavy atom. The Bertz CT molecular complexity index is 148. The van der Waals surface area contributed by atoms with Crippen LogP contribution in [0, 0.1) is 17.8 Å². The van der Waals surface area contributed by atoms with Crippen molar-refractivity contribution in [2.45, 2.75) is 32.6 Å². The Hall–Kier alpha value is -0.330. The van der Waals surface area contributed by atoms with Crippen LogP contribution in [-0.4, -0.2) is 5.78 Å². The minimum absolute atomic E-state index is 0.516. The van der Waals surface area contributed by atoms with Crippen molar-refractivity contribution in [2.75, 3.05) is 0 Å². The molecular formula is C9H14O. The number of rotatable bonds is 2. The smallest absolute Gasteiger partial charge is 0.133 e. The molecule has 0 radical (unpaired) electrons. The number of carbonyl (C=O) groups excluding carboxylic acids is 1. The standard InChI is InChI=1S/C9H14O/c1-2-3-7-8-4-6(10)5-9(7)8/h7-9H,2-5H2,1H3/t7-,8+,9-. The summed E-state index contributed by atoms with van der Waals surface area (Å²) in [5, 5.41) is 0. The second kappa shape index (κ2) is 2.08. The molecule has 3 atom stereocenters. The van der Waals surface area contributed by atoms with Crippen molar-refractivity contribution in [3.8, 4) is 0 Å². The van der Waals surface area contributed by atoms with E-state index in [2.05, 4.69) is 6.92 Å². The second-order valence-corrected chi connectivity index (χ2v) is 3.73. The fourth-order valence-electron chi connectivity index (χ4n) is 2.50. The van der Waals surface area contributed by atoms with E-state index in [0.717, 1.165) is 30.6 Å². The van der Waals surface area contributed by atoms with Gasteiger partial charge in [-0.05, 0) is 17.8 Å². The van der Waals surface area contributed by atoms with Gasteiger partial charge in [0.1, 0.15) is 5.78 Å². The van der Waals surface area contributed by atoms with Crippen LogP contribution in [-0.2, 0) is 4.79 Å². The summed E-state index contributed by atoms with van der Waals surface area (Å²) in [4.78, 5) is 10.8. The van der Waals surface area contributed by atoms with Crippen molar-refractivity contribution in [1.29, 1.82) is 0 Å². The highest BCUT2D eigenvalue weighted by atomic mass is 16.1. The van der Waals surface area contributed by atoms with E-state index in [1.54, 1.807) is 0 Å². The summed E-state index contributed by atoms with van der Waals surface area (Å²) >= 11 is 0. The van der Waals surface area contributed by atoms with E-state index in [9.17, 15) is 4.79 Å². The normalized spacial score (nSPS) is 43.7. The third kappa shape index (κ3) is 0.799. The van der Waals surface area contributed by atoms with Crippen molar-refractivity contribution in [1.82, 2.24) is 0 Å². The zero-order chi connectivity index (χ0) is 7.14. The third-order valence-electron chi connectivity index (χ3n) is 3.06. The van der Waals surface area contributed by atoms with Crippen molar-refractivity contribution >= 4 is 5.78 Å². The van der Waals surface area contributed by atoms with Gasteiger partial charge < -0.3 is 0 Å². The van der Waals surface area contributed by atoms with Crippen molar-refractivity contribution < 1.29 is 4.79 Å². The van der Waals surface area contributed by atoms with Crippen LogP contribution in [0.1, 0.15) is 32.6 Å². The summed E-state index contributed by atoms with van der Waals surface area (Å²) < 4.78 is 0. The molecule has 0 N–H and O–H groups in total. The van der Waals surface area contributed by atoms with Crippen LogP contribution in [0.4, 0.5) is 0 Å². The number of carbonyl (C=O) groups is 1. The molecule has 0 aromatic heterocycles. The van der Waals surface area contributed by atoms with E-state index in [1.807, 2.05) is 0 Å². The molecule has 0 unspecified atom stereocenters. The topological polar surface area (TPSA) is 17.1 Å². The van der Waals surface area contributed by atoms with Crippen LogP contribution in [0.25, 0.3) is 0 Å². The average Bonchev–Trinajstić information content (AvgIpc) is 2.43. The first-order valence-corrected chi connectivity index (χ1v) is 4.34. The molecule has 0 amide bonds. The summed E-state index contributed by atoms with van der Waals surface area (Å²) in [6, 6.07) is 0. The van der Waals surface area contributed by atoms with Gasteiger partial charge in [0.05, 0.1) is 0 Å². The molecule has 0 aromatic rings. The van der Waals surface area contributed by atoms with E-state index >= 15 is 0 Å². The molecule has 0 aromatic carbocycles. The van der Waals surface area contributed by atoms with Crippen LogP contribution in [0.15, 0.2) is 0 Å². The Morgan fingerprint density at radius 3 is 2.50 bits per heavy atom. The number of ketones is 1. The predicted molar refractivity (Wildman–Crippen MR) is 39.6 cm³/mol. The van der Waals surface area contributed by atoms with Gasteiger partial charge >= 0.3 is 0 Å². The number of hydrogen-bond acceptors (Lipinski definition) is 1. The largest absolute Gasteiger partial charge is 0.300 e. The summed E-state index contributed by atoms with van der Waals surface area (Å²) in [6.07, 6.45) is 4.49. The van der Waals surface area contributed by atoms with Crippen LogP contribution in [0.2, 0.25) is 0 Å². The summed E-state index contributed by atoms with van der Waals surface area (Å²) in [5.74, 6) is 3.12. The SMILES string of the molecule is CCC[C@H]1[C@H]2CC(=O)C[C@@H]12. The lowest BCUT2D eigenvalue weighted by Gasteiger charge is -1.97. The minimum Gasteiger partial charge on any atom is -0.300 e. The van der Waals surface area contributed by atoms with Crippen molar-refractivity contribution in [3.05, 3.63) is 0 Å². The first-order chi connectivity index (χ1) is 4.83. The molecule has 0 saturated heterocycles. The Kier molecular flexibility index (Phi) is 1.33.